The van der Waals surface area contributed by atoms with Crippen molar-refractivity contribution in [2.75, 3.05) is 0 Å². The monoisotopic (exact) mass is 292 g/mol. The van der Waals surface area contributed by atoms with E-state index in [1.54, 1.807) is 35.6 Å². The first-order valence-corrected chi connectivity index (χ1v) is 6.87. The summed E-state index contributed by atoms with van der Waals surface area (Å²) in [7, 11) is 0. The minimum atomic E-state index is 0.259. The van der Waals surface area contributed by atoms with E-state index >= 15 is 0 Å². The van der Waals surface area contributed by atoms with Crippen LogP contribution in [0.1, 0.15) is 5.82 Å². The molecule has 0 atom stereocenters. The first kappa shape index (κ1) is 12.2. The molecule has 6 heteroatoms. The summed E-state index contributed by atoms with van der Waals surface area (Å²) in [6.45, 7) is 0.259. The summed E-state index contributed by atoms with van der Waals surface area (Å²) in [5.41, 5.74) is 0.926. The molecule has 0 aliphatic heterocycles. The van der Waals surface area contributed by atoms with Gasteiger partial charge in [0.05, 0.1) is 5.56 Å². The average molecular weight is 293 g/mol. The molecular weight excluding hydrogens is 284 g/mol. The van der Waals surface area contributed by atoms with Gasteiger partial charge in [-0.05, 0) is 35.7 Å². The minimum absolute atomic E-state index is 0.259. The fourth-order valence-electron chi connectivity index (χ4n) is 1.49. The lowest BCUT2D eigenvalue weighted by Gasteiger charge is -2.02. The van der Waals surface area contributed by atoms with E-state index in [9.17, 15) is 0 Å². The maximum absolute atomic E-state index is 5.79. The molecule has 0 saturated carbocycles. The fourth-order valence-corrected chi connectivity index (χ4v) is 2.25. The van der Waals surface area contributed by atoms with E-state index in [2.05, 4.69) is 10.1 Å². The Kier molecular flexibility index (Phi) is 3.48. The van der Waals surface area contributed by atoms with Gasteiger partial charge in [-0.25, -0.2) is 0 Å². The third-order valence-corrected chi connectivity index (χ3v) is 3.35. The minimum Gasteiger partial charge on any atom is -0.485 e. The van der Waals surface area contributed by atoms with Crippen molar-refractivity contribution in [2.45, 2.75) is 6.61 Å². The Bertz CT molecular complexity index is 650. The van der Waals surface area contributed by atoms with Gasteiger partial charge in [-0.15, -0.1) is 0 Å². The quantitative estimate of drug-likeness (QED) is 0.728. The van der Waals surface area contributed by atoms with Crippen LogP contribution in [0.4, 0.5) is 0 Å². The molecule has 1 aromatic carbocycles. The van der Waals surface area contributed by atoms with Gasteiger partial charge in [-0.1, -0.05) is 16.8 Å². The molecule has 0 fully saturated rings. The Morgan fingerprint density at radius 1 is 1.21 bits per heavy atom. The summed E-state index contributed by atoms with van der Waals surface area (Å²) in [5, 5.41) is 8.46. The van der Waals surface area contributed by atoms with Gasteiger partial charge in [0.2, 0.25) is 5.82 Å². The van der Waals surface area contributed by atoms with Gasteiger partial charge in [0.25, 0.3) is 5.89 Å². The van der Waals surface area contributed by atoms with Crippen LogP contribution in [0.25, 0.3) is 11.5 Å². The summed E-state index contributed by atoms with van der Waals surface area (Å²) in [6, 6.07) is 9.06. The predicted octanol–water partition coefficient (Wildman–Crippen LogP) is 4.03. The van der Waals surface area contributed by atoms with Crippen LogP contribution in [0.5, 0.6) is 5.75 Å². The van der Waals surface area contributed by atoms with Gasteiger partial charge >= 0.3 is 0 Å². The Morgan fingerprint density at radius 2 is 2.05 bits per heavy atom. The zero-order valence-electron chi connectivity index (χ0n) is 9.75. The zero-order chi connectivity index (χ0) is 13.1. The SMILES string of the molecule is Clc1ccc(OCc2noc(-c3ccsc3)n2)cc1. The second kappa shape index (κ2) is 5.42. The van der Waals surface area contributed by atoms with Crippen molar-refractivity contribution in [1.82, 2.24) is 10.1 Å². The summed E-state index contributed by atoms with van der Waals surface area (Å²) >= 11 is 7.38. The molecule has 3 rings (SSSR count). The van der Waals surface area contributed by atoms with E-state index in [-0.39, 0.29) is 6.61 Å². The average Bonchev–Trinajstić information content (AvgIpc) is 3.09. The highest BCUT2D eigenvalue weighted by molar-refractivity contribution is 7.08. The van der Waals surface area contributed by atoms with E-state index in [1.165, 1.54) is 0 Å². The van der Waals surface area contributed by atoms with Crippen molar-refractivity contribution in [3.8, 4) is 17.2 Å². The number of halogens is 1. The van der Waals surface area contributed by atoms with Crippen LogP contribution in [0.15, 0.2) is 45.6 Å². The van der Waals surface area contributed by atoms with E-state index in [4.69, 9.17) is 20.9 Å². The highest BCUT2D eigenvalue weighted by atomic mass is 35.5. The number of hydrogen-bond donors (Lipinski definition) is 0. The van der Waals surface area contributed by atoms with Crippen molar-refractivity contribution in [3.05, 3.63) is 51.9 Å². The van der Waals surface area contributed by atoms with Crippen LogP contribution in [-0.2, 0) is 6.61 Å². The van der Waals surface area contributed by atoms with E-state index in [1.807, 2.05) is 16.8 Å². The molecule has 0 radical (unpaired) electrons. The third kappa shape index (κ3) is 2.94. The van der Waals surface area contributed by atoms with Crippen molar-refractivity contribution >= 4 is 22.9 Å². The molecule has 0 N–H and O–H groups in total. The molecule has 0 saturated heterocycles. The van der Waals surface area contributed by atoms with Gasteiger partial charge in [0.1, 0.15) is 5.75 Å². The number of hydrogen-bond acceptors (Lipinski definition) is 5. The number of aromatic nitrogens is 2. The fraction of sp³-hybridized carbons (Fsp3) is 0.0769. The van der Waals surface area contributed by atoms with Crippen molar-refractivity contribution < 1.29 is 9.26 Å². The summed E-state index contributed by atoms with van der Waals surface area (Å²) in [6.07, 6.45) is 0. The maximum atomic E-state index is 5.79. The summed E-state index contributed by atoms with van der Waals surface area (Å²) in [5.74, 6) is 1.73. The largest absolute Gasteiger partial charge is 0.485 e. The Hall–Kier alpha value is -1.85. The number of nitrogens with zero attached hydrogens (tertiary/aromatic N) is 2. The van der Waals surface area contributed by atoms with Crippen molar-refractivity contribution in [2.24, 2.45) is 0 Å². The molecular formula is C13H9ClN2O2S. The lowest BCUT2D eigenvalue weighted by molar-refractivity contribution is 0.287. The van der Waals surface area contributed by atoms with Crippen molar-refractivity contribution in [1.29, 1.82) is 0 Å². The highest BCUT2D eigenvalue weighted by Crippen LogP contribution is 2.20. The number of rotatable bonds is 4. The van der Waals surface area contributed by atoms with Crippen LogP contribution in [0.2, 0.25) is 5.02 Å². The van der Waals surface area contributed by atoms with Crippen LogP contribution < -0.4 is 4.74 Å². The second-order valence-electron chi connectivity index (χ2n) is 3.77. The molecule has 0 amide bonds. The smallest absolute Gasteiger partial charge is 0.258 e. The van der Waals surface area contributed by atoms with Gasteiger partial charge in [0.15, 0.2) is 6.61 Å². The molecule has 2 aromatic heterocycles. The van der Waals surface area contributed by atoms with Crippen LogP contribution in [0, 0.1) is 0 Å². The first-order chi connectivity index (χ1) is 9.31. The molecule has 2 heterocycles. The van der Waals surface area contributed by atoms with Crippen LogP contribution in [-0.4, -0.2) is 10.1 Å². The Labute approximate surface area is 118 Å². The van der Waals surface area contributed by atoms with Gasteiger partial charge in [0, 0.05) is 10.4 Å². The molecule has 4 nitrogen and oxygen atoms in total. The van der Waals surface area contributed by atoms with E-state index in [0.29, 0.717) is 22.5 Å². The highest BCUT2D eigenvalue weighted by Gasteiger charge is 2.09. The number of thiophene rings is 1. The third-order valence-electron chi connectivity index (χ3n) is 2.42. The van der Waals surface area contributed by atoms with E-state index < -0.39 is 0 Å². The van der Waals surface area contributed by atoms with Gasteiger partial charge in [-0.3, -0.25) is 0 Å². The summed E-state index contributed by atoms with van der Waals surface area (Å²) in [4.78, 5) is 4.26. The lowest BCUT2D eigenvalue weighted by atomic mass is 10.3. The molecule has 3 aromatic rings. The molecule has 96 valence electrons. The zero-order valence-corrected chi connectivity index (χ0v) is 11.3. The molecule has 0 unspecified atom stereocenters. The van der Waals surface area contributed by atoms with E-state index in [0.717, 1.165) is 5.56 Å². The van der Waals surface area contributed by atoms with Crippen molar-refractivity contribution in [3.63, 3.8) is 0 Å². The molecule has 0 aliphatic rings. The normalized spacial score (nSPS) is 10.6. The lowest BCUT2D eigenvalue weighted by Crippen LogP contribution is -1.97. The summed E-state index contributed by atoms with van der Waals surface area (Å²) < 4.78 is 10.7. The standard InChI is InChI=1S/C13H9ClN2O2S/c14-10-1-3-11(4-2-10)17-7-12-15-13(18-16-12)9-5-6-19-8-9/h1-6,8H,7H2. The van der Waals surface area contributed by atoms with Crippen LogP contribution >= 0.6 is 22.9 Å². The number of ether oxygens (including phenoxy) is 1. The number of benzene rings is 1. The van der Waals surface area contributed by atoms with Crippen LogP contribution in [0.3, 0.4) is 0 Å². The topological polar surface area (TPSA) is 48.2 Å². The Morgan fingerprint density at radius 3 is 2.79 bits per heavy atom. The molecule has 0 aliphatic carbocycles. The molecule has 0 bridgehead atoms. The molecule has 0 spiro atoms. The molecule has 19 heavy (non-hydrogen) atoms. The maximum Gasteiger partial charge on any atom is 0.258 e. The Balaban J connectivity index is 1.66. The van der Waals surface area contributed by atoms with Gasteiger partial charge in [-0.2, -0.15) is 16.3 Å². The van der Waals surface area contributed by atoms with Gasteiger partial charge < -0.3 is 9.26 Å². The first-order valence-electron chi connectivity index (χ1n) is 5.55. The predicted molar refractivity (Wildman–Crippen MR) is 73.4 cm³/mol. The second-order valence-corrected chi connectivity index (χ2v) is 4.99.